The number of anilines is 1. The lowest BCUT2D eigenvalue weighted by atomic mass is 10.0. The van der Waals surface area contributed by atoms with Crippen molar-refractivity contribution in [3.63, 3.8) is 0 Å². The number of para-hydroxylation sites is 2. The van der Waals surface area contributed by atoms with Crippen molar-refractivity contribution >= 4 is 39.1 Å². The number of nitrogens with one attached hydrogen (secondary N) is 1. The summed E-state index contributed by atoms with van der Waals surface area (Å²) in [5.74, 6) is -0.244. The Labute approximate surface area is 282 Å². The Bertz CT molecular complexity index is 1780. The molecule has 0 aromatic heterocycles. The lowest BCUT2D eigenvalue weighted by Gasteiger charge is -2.35. The second-order valence-corrected chi connectivity index (χ2v) is 14.3. The average Bonchev–Trinajstić information content (AvgIpc) is 3.04. The molecule has 9 nitrogen and oxygen atoms in total. The van der Waals surface area contributed by atoms with Crippen molar-refractivity contribution in [1.29, 1.82) is 0 Å². The smallest absolute Gasteiger partial charge is 0.264 e. The molecule has 0 aliphatic heterocycles. The van der Waals surface area contributed by atoms with Crippen LogP contribution in [0.3, 0.4) is 0 Å². The van der Waals surface area contributed by atoms with E-state index in [9.17, 15) is 18.0 Å². The number of nitrogens with zero attached hydrogens (tertiary/aromatic N) is 2. The van der Waals surface area contributed by atoms with Crippen molar-refractivity contribution < 1.29 is 27.5 Å². The lowest BCUT2D eigenvalue weighted by Crippen LogP contribution is -2.56. The Morgan fingerprint density at radius 2 is 1.47 bits per heavy atom. The van der Waals surface area contributed by atoms with Gasteiger partial charge in [-0.3, -0.25) is 13.9 Å². The van der Waals surface area contributed by atoms with E-state index in [1.54, 1.807) is 48.5 Å². The molecule has 0 aliphatic carbocycles. The molecule has 1 atom stereocenters. The van der Waals surface area contributed by atoms with Gasteiger partial charge in [0.15, 0.2) is 0 Å². The number of halogens is 1. The summed E-state index contributed by atoms with van der Waals surface area (Å²) in [6, 6.07) is 27.8. The van der Waals surface area contributed by atoms with Gasteiger partial charge in [-0.15, -0.1) is 0 Å². The molecule has 1 N–H and O–H groups in total. The second kappa shape index (κ2) is 15.4. The van der Waals surface area contributed by atoms with Crippen LogP contribution < -0.4 is 19.1 Å². The largest absolute Gasteiger partial charge is 0.497 e. The maximum absolute atomic E-state index is 14.6. The van der Waals surface area contributed by atoms with E-state index in [4.69, 9.17) is 21.1 Å². The number of hydrogen-bond acceptors (Lipinski definition) is 6. The van der Waals surface area contributed by atoms with Crippen LogP contribution in [-0.2, 0) is 32.6 Å². The summed E-state index contributed by atoms with van der Waals surface area (Å²) < 4.78 is 40.4. The van der Waals surface area contributed by atoms with Gasteiger partial charge in [-0.2, -0.15) is 0 Å². The summed E-state index contributed by atoms with van der Waals surface area (Å²) in [5.41, 5.74) is 1.07. The summed E-state index contributed by atoms with van der Waals surface area (Å²) in [6.45, 7) is 4.95. The molecule has 0 saturated carbocycles. The summed E-state index contributed by atoms with van der Waals surface area (Å²) in [5, 5.41) is 3.48. The first-order valence-electron chi connectivity index (χ1n) is 15.0. The fourth-order valence-electron chi connectivity index (χ4n) is 5.06. The number of carbonyl (C=O) groups excluding carboxylic acids is 2. The SMILES string of the molecule is COc1ccc(S(=O)(=O)N(CC(=O)N(Cc2cccc(Cl)c2)[C@H](Cc2ccccc2)C(=O)NC(C)(C)C)c2ccccc2OC)cc1. The Morgan fingerprint density at radius 1 is 0.830 bits per heavy atom. The summed E-state index contributed by atoms with van der Waals surface area (Å²) >= 11 is 6.32. The molecule has 4 aromatic rings. The van der Waals surface area contributed by atoms with E-state index < -0.39 is 34.1 Å². The first-order valence-corrected chi connectivity index (χ1v) is 16.8. The van der Waals surface area contributed by atoms with Gasteiger partial charge in [-0.05, 0) is 80.4 Å². The summed E-state index contributed by atoms with van der Waals surface area (Å²) in [7, 11) is -1.41. The highest BCUT2D eigenvalue weighted by Gasteiger charge is 2.36. The first kappa shape index (κ1) is 35.3. The van der Waals surface area contributed by atoms with Gasteiger partial charge >= 0.3 is 0 Å². The van der Waals surface area contributed by atoms with Crippen LogP contribution in [-0.4, -0.2) is 57.5 Å². The predicted octanol–water partition coefficient (Wildman–Crippen LogP) is 6.11. The molecule has 0 radical (unpaired) electrons. The molecule has 11 heteroatoms. The third-order valence-electron chi connectivity index (χ3n) is 7.29. The maximum Gasteiger partial charge on any atom is 0.264 e. The molecule has 4 rings (SSSR count). The van der Waals surface area contributed by atoms with Crippen molar-refractivity contribution in [2.75, 3.05) is 25.1 Å². The molecule has 0 fully saturated rings. The van der Waals surface area contributed by atoms with E-state index in [-0.39, 0.29) is 35.2 Å². The minimum Gasteiger partial charge on any atom is -0.497 e. The summed E-state index contributed by atoms with van der Waals surface area (Å²) in [6.07, 6.45) is 0.189. The monoisotopic (exact) mass is 677 g/mol. The molecule has 0 spiro atoms. The molecular weight excluding hydrogens is 638 g/mol. The number of rotatable bonds is 13. The Kier molecular flexibility index (Phi) is 11.5. The third-order valence-corrected chi connectivity index (χ3v) is 9.30. The van der Waals surface area contributed by atoms with Crippen LogP contribution in [0.25, 0.3) is 0 Å². The van der Waals surface area contributed by atoms with Crippen LogP contribution in [0.1, 0.15) is 31.9 Å². The van der Waals surface area contributed by atoms with Gasteiger partial charge in [-0.1, -0.05) is 66.2 Å². The average molecular weight is 678 g/mol. The van der Waals surface area contributed by atoms with Gasteiger partial charge in [0.05, 0.1) is 24.8 Å². The molecule has 0 saturated heterocycles. The molecule has 2 amide bonds. The Hall–Kier alpha value is -4.54. The van der Waals surface area contributed by atoms with E-state index in [1.165, 1.54) is 43.4 Å². The highest BCUT2D eigenvalue weighted by molar-refractivity contribution is 7.92. The van der Waals surface area contributed by atoms with Gasteiger partial charge in [-0.25, -0.2) is 8.42 Å². The van der Waals surface area contributed by atoms with Gasteiger partial charge in [0.2, 0.25) is 11.8 Å². The number of amides is 2. The molecule has 47 heavy (non-hydrogen) atoms. The lowest BCUT2D eigenvalue weighted by molar-refractivity contribution is -0.140. The van der Waals surface area contributed by atoms with Crippen molar-refractivity contribution in [3.8, 4) is 11.5 Å². The van der Waals surface area contributed by atoms with Crippen LogP contribution in [0.4, 0.5) is 5.69 Å². The van der Waals surface area contributed by atoms with E-state index in [2.05, 4.69) is 5.32 Å². The molecule has 0 bridgehead atoms. The zero-order chi connectivity index (χ0) is 34.2. The number of sulfonamides is 1. The van der Waals surface area contributed by atoms with Crippen LogP contribution in [0.15, 0.2) is 108 Å². The molecule has 0 unspecified atom stereocenters. The highest BCUT2D eigenvalue weighted by Crippen LogP contribution is 2.33. The molecule has 0 heterocycles. The van der Waals surface area contributed by atoms with Crippen molar-refractivity contribution in [2.24, 2.45) is 0 Å². The third kappa shape index (κ3) is 9.27. The number of hydrogen-bond donors (Lipinski definition) is 1. The number of benzene rings is 4. The van der Waals surface area contributed by atoms with E-state index in [0.717, 1.165) is 9.87 Å². The zero-order valence-corrected chi connectivity index (χ0v) is 28.7. The second-order valence-electron chi connectivity index (χ2n) is 12.0. The molecule has 248 valence electrons. The van der Waals surface area contributed by atoms with Crippen LogP contribution in [0.2, 0.25) is 5.02 Å². The van der Waals surface area contributed by atoms with Crippen molar-refractivity contribution in [2.45, 2.75) is 50.2 Å². The van der Waals surface area contributed by atoms with Gasteiger partial charge in [0, 0.05) is 23.5 Å². The standard InChI is InChI=1S/C36H40ClN3O6S/c1-36(2,3)38-35(42)32(23-26-12-7-6-8-13-26)39(24-27-14-11-15-28(37)22-27)34(41)25-40(31-16-9-10-17-33(31)46-5)47(43,44)30-20-18-29(45-4)19-21-30/h6-22,32H,23-25H2,1-5H3,(H,38,42)/t32-/m1/s1. The molecule has 0 aliphatic rings. The van der Waals surface area contributed by atoms with Gasteiger partial charge < -0.3 is 19.7 Å². The number of methoxy groups -OCH3 is 2. The topological polar surface area (TPSA) is 105 Å². The Balaban J connectivity index is 1.85. The summed E-state index contributed by atoms with van der Waals surface area (Å²) in [4.78, 5) is 30.0. The minimum atomic E-state index is -4.32. The van der Waals surface area contributed by atoms with Gasteiger partial charge in [0.1, 0.15) is 24.1 Å². The fourth-order valence-corrected chi connectivity index (χ4v) is 6.70. The van der Waals surface area contributed by atoms with Crippen molar-refractivity contribution in [3.05, 3.63) is 119 Å². The number of carbonyl (C=O) groups is 2. The maximum atomic E-state index is 14.6. The Morgan fingerprint density at radius 3 is 2.09 bits per heavy atom. The van der Waals surface area contributed by atoms with Crippen LogP contribution in [0.5, 0.6) is 11.5 Å². The fraction of sp³-hybridized carbons (Fsp3) is 0.278. The van der Waals surface area contributed by atoms with E-state index in [1.807, 2.05) is 51.1 Å². The normalized spacial score (nSPS) is 12.1. The minimum absolute atomic E-state index is 0.00317. The van der Waals surface area contributed by atoms with E-state index >= 15 is 0 Å². The zero-order valence-electron chi connectivity index (χ0n) is 27.1. The number of ether oxygens (including phenoxy) is 2. The molecule has 4 aromatic carbocycles. The van der Waals surface area contributed by atoms with Crippen molar-refractivity contribution in [1.82, 2.24) is 10.2 Å². The quantitative estimate of drug-likeness (QED) is 0.183. The van der Waals surface area contributed by atoms with Crippen LogP contribution in [0, 0.1) is 0 Å². The van der Waals surface area contributed by atoms with E-state index in [0.29, 0.717) is 16.3 Å². The molecular formula is C36H40ClN3O6S. The van der Waals surface area contributed by atoms with Gasteiger partial charge in [0.25, 0.3) is 10.0 Å². The predicted molar refractivity (Wildman–Crippen MR) is 184 cm³/mol. The highest BCUT2D eigenvalue weighted by atomic mass is 35.5. The first-order chi connectivity index (χ1) is 22.3. The van der Waals surface area contributed by atoms with Crippen LogP contribution >= 0.6 is 11.6 Å².